The molecule has 2 aliphatic rings. The van der Waals surface area contributed by atoms with Gasteiger partial charge in [0.05, 0.1) is 13.2 Å². The summed E-state index contributed by atoms with van der Waals surface area (Å²) in [5, 5.41) is 16.1. The molecule has 0 heterocycles. The standard InChI is InChI=1S/C16H30N2O2/c1-13-7-9-16(12-19,10-8-13)17-11-15(20)18-14-5-3-2-4-6-14/h13-14,17,19H,2-12H2,1H3,(H,18,20). The molecule has 2 saturated carbocycles. The molecule has 2 rings (SSSR count). The van der Waals surface area contributed by atoms with E-state index in [4.69, 9.17) is 0 Å². The van der Waals surface area contributed by atoms with E-state index in [1.54, 1.807) is 0 Å². The molecule has 2 aliphatic carbocycles. The molecule has 4 nitrogen and oxygen atoms in total. The van der Waals surface area contributed by atoms with Crippen molar-refractivity contribution in [2.45, 2.75) is 76.3 Å². The van der Waals surface area contributed by atoms with E-state index in [2.05, 4.69) is 17.6 Å². The third-order valence-corrected chi connectivity index (χ3v) is 5.13. The molecule has 1 amide bonds. The van der Waals surface area contributed by atoms with Crippen molar-refractivity contribution >= 4 is 5.91 Å². The number of aliphatic hydroxyl groups is 1. The van der Waals surface area contributed by atoms with E-state index in [-0.39, 0.29) is 18.1 Å². The maximum absolute atomic E-state index is 12.0. The van der Waals surface area contributed by atoms with Crippen LogP contribution in [0.5, 0.6) is 0 Å². The number of hydrogen-bond donors (Lipinski definition) is 3. The Morgan fingerprint density at radius 2 is 1.80 bits per heavy atom. The van der Waals surface area contributed by atoms with Gasteiger partial charge >= 0.3 is 0 Å². The van der Waals surface area contributed by atoms with Gasteiger partial charge in [-0.25, -0.2) is 0 Å². The molecule has 0 aromatic heterocycles. The Balaban J connectivity index is 1.73. The van der Waals surface area contributed by atoms with Gasteiger partial charge in [-0.15, -0.1) is 0 Å². The molecule has 0 aliphatic heterocycles. The van der Waals surface area contributed by atoms with Gasteiger partial charge in [0.25, 0.3) is 0 Å². The van der Waals surface area contributed by atoms with Crippen molar-refractivity contribution in [3.05, 3.63) is 0 Å². The Bertz CT molecular complexity index is 306. The average molecular weight is 282 g/mol. The second-order valence-corrected chi connectivity index (χ2v) is 6.88. The zero-order valence-electron chi connectivity index (χ0n) is 12.8. The van der Waals surface area contributed by atoms with Crippen LogP contribution in [0, 0.1) is 5.92 Å². The fourth-order valence-electron chi connectivity index (χ4n) is 3.50. The van der Waals surface area contributed by atoms with Crippen molar-refractivity contribution in [3.63, 3.8) is 0 Å². The Hall–Kier alpha value is -0.610. The van der Waals surface area contributed by atoms with Crippen LogP contribution < -0.4 is 10.6 Å². The molecule has 4 heteroatoms. The Labute approximate surface area is 122 Å². The van der Waals surface area contributed by atoms with Crippen LogP contribution in [-0.4, -0.2) is 35.7 Å². The fourth-order valence-corrected chi connectivity index (χ4v) is 3.50. The van der Waals surface area contributed by atoms with E-state index < -0.39 is 0 Å². The minimum atomic E-state index is -0.226. The predicted octanol–water partition coefficient (Wildman–Crippen LogP) is 1.97. The number of amides is 1. The smallest absolute Gasteiger partial charge is 0.234 e. The number of hydrogen-bond acceptors (Lipinski definition) is 3. The third kappa shape index (κ3) is 4.45. The summed E-state index contributed by atoms with van der Waals surface area (Å²) in [5.74, 6) is 0.830. The molecule has 0 atom stereocenters. The normalized spacial score (nSPS) is 32.0. The lowest BCUT2D eigenvalue weighted by molar-refractivity contribution is -0.121. The molecule has 20 heavy (non-hydrogen) atoms. The lowest BCUT2D eigenvalue weighted by atomic mass is 9.77. The van der Waals surface area contributed by atoms with Crippen molar-refractivity contribution < 1.29 is 9.90 Å². The number of carbonyl (C=O) groups is 1. The summed E-state index contributed by atoms with van der Waals surface area (Å²) >= 11 is 0. The first-order valence-corrected chi connectivity index (χ1v) is 8.29. The first-order chi connectivity index (χ1) is 9.63. The van der Waals surface area contributed by atoms with E-state index in [9.17, 15) is 9.90 Å². The Kier molecular flexibility index (Phi) is 5.85. The lowest BCUT2D eigenvalue weighted by Gasteiger charge is -2.39. The summed E-state index contributed by atoms with van der Waals surface area (Å²) < 4.78 is 0. The maximum atomic E-state index is 12.0. The SMILES string of the molecule is CC1CCC(CO)(NCC(=O)NC2CCCCC2)CC1. The van der Waals surface area contributed by atoms with Gasteiger partial charge in [0.15, 0.2) is 0 Å². The van der Waals surface area contributed by atoms with Crippen LogP contribution in [0.1, 0.15) is 64.7 Å². The average Bonchev–Trinajstić information content (AvgIpc) is 2.48. The second-order valence-electron chi connectivity index (χ2n) is 6.88. The molecule has 2 fully saturated rings. The number of nitrogens with one attached hydrogen (secondary N) is 2. The van der Waals surface area contributed by atoms with Gasteiger partial charge < -0.3 is 15.7 Å². The highest BCUT2D eigenvalue weighted by atomic mass is 16.3. The third-order valence-electron chi connectivity index (χ3n) is 5.13. The molecule has 116 valence electrons. The molecule has 0 saturated heterocycles. The van der Waals surface area contributed by atoms with E-state index in [0.29, 0.717) is 12.6 Å². The summed E-state index contributed by atoms with van der Waals surface area (Å²) in [7, 11) is 0. The monoisotopic (exact) mass is 282 g/mol. The number of carbonyl (C=O) groups excluding carboxylic acids is 1. The predicted molar refractivity (Wildman–Crippen MR) is 80.5 cm³/mol. The maximum Gasteiger partial charge on any atom is 0.234 e. The van der Waals surface area contributed by atoms with E-state index in [1.807, 2.05) is 0 Å². The van der Waals surface area contributed by atoms with Crippen molar-refractivity contribution in [2.24, 2.45) is 5.92 Å². The molecular weight excluding hydrogens is 252 g/mol. The summed E-state index contributed by atoms with van der Waals surface area (Å²) in [4.78, 5) is 12.0. The molecule has 3 N–H and O–H groups in total. The number of rotatable bonds is 5. The second kappa shape index (κ2) is 7.41. The molecule has 0 bridgehead atoms. The van der Waals surface area contributed by atoms with Gasteiger partial charge in [-0.2, -0.15) is 0 Å². The number of aliphatic hydroxyl groups excluding tert-OH is 1. The van der Waals surface area contributed by atoms with Crippen LogP contribution >= 0.6 is 0 Å². The van der Waals surface area contributed by atoms with Crippen molar-refractivity contribution in [1.82, 2.24) is 10.6 Å². The molecule has 0 aromatic carbocycles. The molecule has 0 radical (unpaired) electrons. The van der Waals surface area contributed by atoms with E-state index in [1.165, 1.54) is 19.3 Å². The summed E-state index contributed by atoms with van der Waals surface area (Å²) in [5.41, 5.74) is -0.226. The summed E-state index contributed by atoms with van der Waals surface area (Å²) in [6.07, 6.45) is 10.2. The van der Waals surface area contributed by atoms with Crippen LogP contribution in [0.3, 0.4) is 0 Å². The van der Waals surface area contributed by atoms with Gasteiger partial charge in [0.1, 0.15) is 0 Å². The molecule has 0 aromatic rings. The first-order valence-electron chi connectivity index (χ1n) is 8.29. The van der Waals surface area contributed by atoms with E-state index in [0.717, 1.165) is 44.4 Å². The van der Waals surface area contributed by atoms with Crippen LogP contribution in [0.15, 0.2) is 0 Å². The van der Waals surface area contributed by atoms with Gasteiger partial charge in [-0.3, -0.25) is 4.79 Å². The van der Waals surface area contributed by atoms with Gasteiger partial charge in [-0.1, -0.05) is 26.2 Å². The van der Waals surface area contributed by atoms with Crippen LogP contribution in [0.4, 0.5) is 0 Å². The Morgan fingerprint density at radius 3 is 2.40 bits per heavy atom. The minimum absolute atomic E-state index is 0.0864. The van der Waals surface area contributed by atoms with Crippen LogP contribution in [0.2, 0.25) is 0 Å². The quantitative estimate of drug-likeness (QED) is 0.722. The van der Waals surface area contributed by atoms with E-state index >= 15 is 0 Å². The van der Waals surface area contributed by atoms with Crippen LogP contribution in [0.25, 0.3) is 0 Å². The van der Waals surface area contributed by atoms with Gasteiger partial charge in [0.2, 0.25) is 5.91 Å². The van der Waals surface area contributed by atoms with Crippen molar-refractivity contribution in [1.29, 1.82) is 0 Å². The fraction of sp³-hybridized carbons (Fsp3) is 0.938. The van der Waals surface area contributed by atoms with Crippen molar-refractivity contribution in [3.8, 4) is 0 Å². The summed E-state index contributed by atoms with van der Waals surface area (Å²) in [6.45, 7) is 2.74. The highest BCUT2D eigenvalue weighted by Crippen LogP contribution is 2.31. The van der Waals surface area contributed by atoms with Crippen molar-refractivity contribution in [2.75, 3.05) is 13.2 Å². The molecular formula is C16H30N2O2. The molecule has 0 unspecified atom stereocenters. The summed E-state index contributed by atoms with van der Waals surface area (Å²) in [6, 6.07) is 0.370. The lowest BCUT2D eigenvalue weighted by Crippen LogP contribution is -2.54. The largest absolute Gasteiger partial charge is 0.394 e. The van der Waals surface area contributed by atoms with Gasteiger partial charge in [-0.05, 0) is 44.4 Å². The minimum Gasteiger partial charge on any atom is -0.394 e. The topological polar surface area (TPSA) is 61.4 Å². The highest BCUT2D eigenvalue weighted by molar-refractivity contribution is 5.78. The van der Waals surface area contributed by atoms with Gasteiger partial charge in [0, 0.05) is 11.6 Å². The zero-order chi connectivity index (χ0) is 14.4. The zero-order valence-corrected chi connectivity index (χ0v) is 12.8. The molecule has 0 spiro atoms. The first kappa shape index (κ1) is 15.8. The van der Waals surface area contributed by atoms with Crippen LogP contribution in [-0.2, 0) is 4.79 Å². The highest BCUT2D eigenvalue weighted by Gasteiger charge is 2.33. The Morgan fingerprint density at radius 1 is 1.15 bits per heavy atom.